The van der Waals surface area contributed by atoms with Crippen LogP contribution in [0.25, 0.3) is 16.6 Å². The number of halogens is 1. The fourth-order valence-corrected chi connectivity index (χ4v) is 4.19. The molecule has 11 nitrogen and oxygen atoms in total. The highest BCUT2D eigenvalue weighted by Crippen LogP contribution is 2.30. The van der Waals surface area contributed by atoms with Crippen LogP contribution in [0.5, 0.6) is 0 Å². The predicted octanol–water partition coefficient (Wildman–Crippen LogP) is 2.23. The molecule has 5 rings (SSSR count). The summed E-state index contributed by atoms with van der Waals surface area (Å²) in [7, 11) is 0. The molecule has 4 aromatic rings. The number of aliphatic hydroxyl groups is 1. The fourth-order valence-electron chi connectivity index (χ4n) is 3.98. The minimum absolute atomic E-state index is 0.119. The minimum atomic E-state index is -2.15. The first kappa shape index (κ1) is 23.0. The molecule has 0 bridgehead atoms. The summed E-state index contributed by atoms with van der Waals surface area (Å²) in [5, 5.41) is 27.0. The van der Waals surface area contributed by atoms with Gasteiger partial charge in [-0.2, -0.15) is 10.2 Å². The van der Waals surface area contributed by atoms with E-state index in [-0.39, 0.29) is 13.2 Å². The van der Waals surface area contributed by atoms with Crippen LogP contribution in [-0.4, -0.2) is 66.7 Å². The molecule has 2 atom stereocenters. The van der Waals surface area contributed by atoms with Crippen LogP contribution in [0, 0.1) is 6.92 Å². The van der Waals surface area contributed by atoms with E-state index in [0.29, 0.717) is 22.2 Å². The number of carbonyl (C=O) groups excluding carboxylic acids is 2. The van der Waals surface area contributed by atoms with Crippen molar-refractivity contribution in [1.82, 2.24) is 25.0 Å². The quantitative estimate of drug-likeness (QED) is 0.386. The van der Waals surface area contributed by atoms with Gasteiger partial charge in [-0.25, -0.2) is 4.68 Å². The van der Waals surface area contributed by atoms with Gasteiger partial charge in [-0.3, -0.25) is 14.5 Å². The van der Waals surface area contributed by atoms with Gasteiger partial charge < -0.3 is 20.1 Å². The third kappa shape index (κ3) is 4.14. The van der Waals surface area contributed by atoms with Crippen molar-refractivity contribution in [3.8, 4) is 5.69 Å². The zero-order chi connectivity index (χ0) is 24.7. The molecule has 3 aromatic heterocycles. The molecule has 1 fully saturated rings. The summed E-state index contributed by atoms with van der Waals surface area (Å²) in [4.78, 5) is 30.9. The van der Waals surface area contributed by atoms with Crippen molar-refractivity contribution in [2.24, 2.45) is 0 Å². The summed E-state index contributed by atoms with van der Waals surface area (Å²) in [6.07, 6.45) is 3.32. The van der Waals surface area contributed by atoms with Crippen molar-refractivity contribution in [2.75, 3.05) is 23.4 Å². The first-order valence-electron chi connectivity index (χ1n) is 10.8. The second-order valence-electron chi connectivity index (χ2n) is 8.39. The Balaban J connectivity index is 1.35. The lowest BCUT2D eigenvalue weighted by molar-refractivity contribution is -0.165. The van der Waals surface area contributed by atoms with E-state index >= 15 is 0 Å². The molecule has 35 heavy (non-hydrogen) atoms. The fraction of sp³-hybridized carbons (Fsp3) is 0.261. The summed E-state index contributed by atoms with van der Waals surface area (Å²) < 4.78 is 7.12. The lowest BCUT2D eigenvalue weighted by atomic mass is 9.95. The maximum absolute atomic E-state index is 13.3. The van der Waals surface area contributed by atoms with E-state index in [0.717, 1.165) is 16.6 Å². The summed E-state index contributed by atoms with van der Waals surface area (Å²) in [5.74, 6) is -0.998. The van der Waals surface area contributed by atoms with Crippen LogP contribution in [0.1, 0.15) is 12.6 Å². The molecule has 1 aliphatic heterocycles. The van der Waals surface area contributed by atoms with Gasteiger partial charge in [-0.05, 0) is 38.1 Å². The average molecular weight is 496 g/mol. The van der Waals surface area contributed by atoms with E-state index in [1.54, 1.807) is 41.2 Å². The van der Waals surface area contributed by atoms with Crippen molar-refractivity contribution in [3.63, 3.8) is 0 Å². The van der Waals surface area contributed by atoms with Crippen molar-refractivity contribution in [2.45, 2.75) is 25.6 Å². The van der Waals surface area contributed by atoms with E-state index in [4.69, 9.17) is 16.3 Å². The molecule has 1 aliphatic rings. The van der Waals surface area contributed by atoms with Gasteiger partial charge in [0.05, 0.1) is 36.3 Å². The van der Waals surface area contributed by atoms with E-state index in [2.05, 4.69) is 25.6 Å². The van der Waals surface area contributed by atoms with E-state index in [1.807, 2.05) is 6.92 Å². The number of aromatic amines is 1. The van der Waals surface area contributed by atoms with Gasteiger partial charge in [0.15, 0.2) is 17.5 Å². The number of amides is 2. The Morgan fingerprint density at radius 2 is 2.14 bits per heavy atom. The van der Waals surface area contributed by atoms with E-state index in [9.17, 15) is 14.7 Å². The third-order valence-corrected chi connectivity index (χ3v) is 6.40. The summed E-state index contributed by atoms with van der Waals surface area (Å²) in [6, 6.07) is 8.54. The highest BCUT2D eigenvalue weighted by Gasteiger charge is 2.48. The maximum atomic E-state index is 13.3. The molecule has 3 N–H and O–H groups in total. The number of fused-ring (bicyclic) bond motifs is 1. The number of hydrogen-bond donors (Lipinski definition) is 3. The summed E-state index contributed by atoms with van der Waals surface area (Å²) >= 11 is 6.32. The van der Waals surface area contributed by atoms with Crippen molar-refractivity contribution < 1.29 is 19.4 Å². The van der Waals surface area contributed by atoms with Crippen molar-refractivity contribution >= 4 is 45.8 Å². The smallest absolute Gasteiger partial charge is 0.260 e. The Bertz CT molecular complexity index is 1420. The van der Waals surface area contributed by atoms with Gasteiger partial charge in [0.1, 0.15) is 0 Å². The van der Waals surface area contributed by atoms with Gasteiger partial charge in [0.25, 0.3) is 11.8 Å². The topological polar surface area (TPSA) is 138 Å². The highest BCUT2D eigenvalue weighted by molar-refractivity contribution is 6.36. The number of nitrogens with zero attached hydrogens (tertiary/aromatic N) is 5. The zero-order valence-corrected chi connectivity index (χ0v) is 19.7. The molecule has 4 heterocycles. The lowest BCUT2D eigenvalue weighted by Gasteiger charge is -2.37. The maximum Gasteiger partial charge on any atom is 0.260 e. The molecule has 1 aromatic carbocycles. The molecule has 0 aliphatic carbocycles. The number of nitrogens with one attached hydrogen (secondary N) is 2. The molecule has 12 heteroatoms. The van der Waals surface area contributed by atoms with Crippen molar-refractivity contribution in [1.29, 1.82) is 0 Å². The largest absolute Gasteiger partial charge is 0.377 e. The Hall–Kier alpha value is -3.80. The van der Waals surface area contributed by atoms with Crippen LogP contribution < -0.4 is 10.2 Å². The number of aromatic nitrogens is 5. The first-order valence-corrected chi connectivity index (χ1v) is 11.2. The number of hydrogen-bond acceptors (Lipinski definition) is 7. The van der Waals surface area contributed by atoms with E-state index in [1.165, 1.54) is 24.2 Å². The lowest BCUT2D eigenvalue weighted by Crippen LogP contribution is -2.61. The van der Waals surface area contributed by atoms with Crippen molar-refractivity contribution in [3.05, 3.63) is 59.6 Å². The van der Waals surface area contributed by atoms with Crippen LogP contribution in [0.2, 0.25) is 5.02 Å². The number of carbonyl (C=O) groups is 2. The zero-order valence-electron chi connectivity index (χ0n) is 18.9. The molecule has 180 valence electrons. The number of rotatable bonds is 5. The predicted molar refractivity (Wildman–Crippen MR) is 129 cm³/mol. The molecule has 2 amide bonds. The molecular formula is C23H22ClN7O4. The van der Waals surface area contributed by atoms with E-state index < -0.39 is 23.5 Å². The number of aryl methyl sites for hydroxylation is 1. The van der Waals surface area contributed by atoms with Crippen LogP contribution in [0.15, 0.2) is 48.9 Å². The molecule has 1 saturated heterocycles. The normalized spacial score (nSPS) is 18.0. The standard InChI is InChI=1S/C23H22ClN7O4/c1-13-19(24)16-11-14(3-4-17(16)27-13)28-22(33)23(2,34)20-21(32)30(9-10-35-20)18-6-8-31(29-18)15-5-7-25-26-12-15/h3-8,11-12,20,27,34H,9-10H2,1-2H3,(H,28,33). The molecule has 0 radical (unpaired) electrons. The number of benzene rings is 1. The molecular weight excluding hydrogens is 474 g/mol. The highest BCUT2D eigenvalue weighted by atomic mass is 35.5. The second-order valence-corrected chi connectivity index (χ2v) is 8.76. The third-order valence-electron chi connectivity index (χ3n) is 5.91. The average Bonchev–Trinajstić information content (AvgIpc) is 3.45. The summed E-state index contributed by atoms with van der Waals surface area (Å²) in [6.45, 7) is 3.44. The first-order chi connectivity index (χ1) is 16.8. The van der Waals surface area contributed by atoms with Gasteiger partial charge in [0.2, 0.25) is 0 Å². The van der Waals surface area contributed by atoms with Crippen LogP contribution in [0.3, 0.4) is 0 Å². The van der Waals surface area contributed by atoms with Gasteiger partial charge in [-0.15, -0.1) is 5.10 Å². The van der Waals surface area contributed by atoms with Gasteiger partial charge in [-0.1, -0.05) is 11.6 Å². The number of ether oxygens (including phenoxy) is 1. The monoisotopic (exact) mass is 495 g/mol. The van der Waals surface area contributed by atoms with Gasteiger partial charge >= 0.3 is 0 Å². The Labute approximate surface area is 204 Å². The number of morpholine rings is 1. The van der Waals surface area contributed by atoms with Crippen LogP contribution in [-0.2, 0) is 14.3 Å². The Morgan fingerprint density at radius 1 is 1.31 bits per heavy atom. The molecule has 2 unspecified atom stereocenters. The van der Waals surface area contributed by atoms with Crippen LogP contribution >= 0.6 is 11.6 Å². The van der Waals surface area contributed by atoms with Gasteiger partial charge in [0, 0.05) is 34.5 Å². The summed E-state index contributed by atoms with van der Waals surface area (Å²) in [5.41, 5.74) is 0.569. The number of H-pyrrole nitrogens is 1. The molecule has 0 saturated carbocycles. The Morgan fingerprint density at radius 3 is 2.91 bits per heavy atom. The SMILES string of the molecule is Cc1[nH]c2ccc(NC(=O)C(C)(O)C3OCCN(c4ccn(-c5ccnnc5)n4)C3=O)cc2c1Cl. The second kappa shape index (κ2) is 8.77. The Kier molecular flexibility index (Phi) is 5.75. The molecule has 0 spiro atoms. The minimum Gasteiger partial charge on any atom is -0.377 e. The van der Waals surface area contributed by atoms with Crippen LogP contribution in [0.4, 0.5) is 11.5 Å². The number of anilines is 2.